The van der Waals surface area contributed by atoms with Gasteiger partial charge in [0.05, 0.1) is 11.2 Å². The van der Waals surface area contributed by atoms with Crippen LogP contribution >= 0.6 is 0 Å². The molecule has 0 saturated heterocycles. The monoisotopic (exact) mass is 256 g/mol. The van der Waals surface area contributed by atoms with Crippen molar-refractivity contribution in [1.29, 1.82) is 0 Å². The SMILES string of the molecule is CS(=O)(=O)N1CCc2cc([N+](=O)[O-])ccc2C1. The van der Waals surface area contributed by atoms with E-state index in [4.69, 9.17) is 0 Å². The number of benzene rings is 1. The molecule has 17 heavy (non-hydrogen) atoms. The van der Waals surface area contributed by atoms with Crippen LogP contribution in [0, 0.1) is 10.1 Å². The lowest BCUT2D eigenvalue weighted by Crippen LogP contribution is -2.35. The number of rotatable bonds is 2. The number of nitro groups is 1. The number of hydrogen-bond acceptors (Lipinski definition) is 4. The summed E-state index contributed by atoms with van der Waals surface area (Å²) in [5.74, 6) is 0. The molecule has 0 aliphatic carbocycles. The van der Waals surface area contributed by atoms with E-state index in [0.29, 0.717) is 19.5 Å². The molecule has 92 valence electrons. The molecule has 0 atom stereocenters. The Kier molecular flexibility index (Phi) is 2.88. The number of fused-ring (bicyclic) bond motifs is 1. The number of nitrogens with zero attached hydrogens (tertiary/aromatic N) is 2. The van der Waals surface area contributed by atoms with E-state index in [1.54, 1.807) is 6.07 Å². The lowest BCUT2D eigenvalue weighted by Gasteiger charge is -2.26. The van der Waals surface area contributed by atoms with Gasteiger partial charge < -0.3 is 0 Å². The summed E-state index contributed by atoms with van der Waals surface area (Å²) in [4.78, 5) is 10.2. The zero-order valence-corrected chi connectivity index (χ0v) is 10.1. The van der Waals surface area contributed by atoms with Crippen molar-refractivity contribution in [1.82, 2.24) is 4.31 Å². The molecule has 1 aliphatic rings. The third-order valence-electron chi connectivity index (χ3n) is 2.85. The van der Waals surface area contributed by atoms with Crippen molar-refractivity contribution in [2.24, 2.45) is 0 Å². The van der Waals surface area contributed by atoms with Gasteiger partial charge in [-0.25, -0.2) is 8.42 Å². The Hall–Kier alpha value is -1.47. The predicted octanol–water partition coefficient (Wildman–Crippen LogP) is 0.912. The van der Waals surface area contributed by atoms with Crippen molar-refractivity contribution >= 4 is 15.7 Å². The molecule has 2 rings (SSSR count). The molecule has 0 aromatic heterocycles. The van der Waals surface area contributed by atoms with E-state index >= 15 is 0 Å². The minimum absolute atomic E-state index is 0.0524. The van der Waals surface area contributed by atoms with Crippen molar-refractivity contribution < 1.29 is 13.3 Å². The van der Waals surface area contributed by atoms with Crippen molar-refractivity contribution in [2.45, 2.75) is 13.0 Å². The maximum atomic E-state index is 11.4. The predicted molar refractivity (Wildman–Crippen MR) is 62.1 cm³/mol. The first-order chi connectivity index (χ1) is 7.88. The molecule has 1 aliphatic heterocycles. The van der Waals surface area contributed by atoms with Crippen molar-refractivity contribution in [3.8, 4) is 0 Å². The Bertz CT molecular complexity index is 568. The molecule has 1 aromatic rings. The molecule has 1 aromatic carbocycles. The van der Waals surface area contributed by atoms with Crippen LogP contribution in [0.4, 0.5) is 5.69 Å². The van der Waals surface area contributed by atoms with E-state index in [-0.39, 0.29) is 5.69 Å². The van der Waals surface area contributed by atoms with E-state index in [1.165, 1.54) is 22.7 Å². The second-order valence-electron chi connectivity index (χ2n) is 4.06. The summed E-state index contributed by atoms with van der Waals surface area (Å²) < 4.78 is 24.2. The summed E-state index contributed by atoms with van der Waals surface area (Å²) in [5, 5.41) is 10.6. The van der Waals surface area contributed by atoms with Crippen LogP contribution in [0.5, 0.6) is 0 Å². The summed E-state index contributed by atoms with van der Waals surface area (Å²) in [6.45, 7) is 0.680. The average Bonchev–Trinajstić information content (AvgIpc) is 2.26. The first-order valence-corrected chi connectivity index (χ1v) is 6.94. The molecule has 0 bridgehead atoms. The fraction of sp³-hybridized carbons (Fsp3) is 0.400. The Morgan fingerprint density at radius 1 is 1.35 bits per heavy atom. The zero-order chi connectivity index (χ0) is 12.6. The Morgan fingerprint density at radius 3 is 2.65 bits per heavy atom. The van der Waals surface area contributed by atoms with Gasteiger partial charge in [0.2, 0.25) is 10.0 Å². The number of non-ortho nitro benzene ring substituents is 1. The van der Waals surface area contributed by atoms with Gasteiger partial charge in [0, 0.05) is 25.2 Å². The van der Waals surface area contributed by atoms with Gasteiger partial charge in [-0.2, -0.15) is 4.31 Å². The molecule has 0 fully saturated rings. The van der Waals surface area contributed by atoms with Crippen LogP contribution in [0.3, 0.4) is 0 Å². The summed E-state index contributed by atoms with van der Waals surface area (Å²) in [6.07, 6.45) is 1.69. The molecule has 7 heteroatoms. The van der Waals surface area contributed by atoms with Crippen LogP contribution in [-0.4, -0.2) is 30.4 Å². The lowest BCUT2D eigenvalue weighted by atomic mass is 10.0. The number of nitro benzene ring substituents is 1. The van der Waals surface area contributed by atoms with E-state index in [9.17, 15) is 18.5 Å². The highest BCUT2D eigenvalue weighted by atomic mass is 32.2. The minimum atomic E-state index is -3.20. The molecule has 0 N–H and O–H groups in total. The Morgan fingerprint density at radius 2 is 2.06 bits per heavy atom. The molecule has 6 nitrogen and oxygen atoms in total. The van der Waals surface area contributed by atoms with Gasteiger partial charge in [-0.05, 0) is 17.5 Å². The topological polar surface area (TPSA) is 80.5 Å². The highest BCUT2D eigenvalue weighted by Gasteiger charge is 2.24. The summed E-state index contributed by atoms with van der Waals surface area (Å²) >= 11 is 0. The first kappa shape index (κ1) is 12.0. The zero-order valence-electron chi connectivity index (χ0n) is 9.29. The standard InChI is InChI=1S/C10H12N2O4S/c1-17(15,16)11-5-4-8-6-10(12(13)14)3-2-9(8)7-11/h2-3,6H,4-5,7H2,1H3. The van der Waals surface area contributed by atoms with Crippen molar-refractivity contribution in [3.05, 3.63) is 39.4 Å². The highest BCUT2D eigenvalue weighted by molar-refractivity contribution is 7.88. The third kappa shape index (κ3) is 2.45. The average molecular weight is 256 g/mol. The second-order valence-corrected chi connectivity index (χ2v) is 6.04. The van der Waals surface area contributed by atoms with Crippen LogP contribution in [0.15, 0.2) is 18.2 Å². The number of hydrogen-bond donors (Lipinski definition) is 0. The maximum absolute atomic E-state index is 11.4. The molecule has 0 radical (unpaired) electrons. The van der Waals surface area contributed by atoms with Gasteiger partial charge in [-0.3, -0.25) is 10.1 Å². The molecule has 1 heterocycles. The highest BCUT2D eigenvalue weighted by Crippen LogP contribution is 2.24. The van der Waals surface area contributed by atoms with Crippen LogP contribution in [0.2, 0.25) is 0 Å². The van der Waals surface area contributed by atoms with Crippen LogP contribution in [0.25, 0.3) is 0 Å². The summed E-state index contributed by atoms with van der Waals surface area (Å²) in [5.41, 5.74) is 1.75. The van der Waals surface area contributed by atoms with Gasteiger partial charge in [0.25, 0.3) is 5.69 Å². The smallest absolute Gasteiger partial charge is 0.258 e. The van der Waals surface area contributed by atoms with Crippen LogP contribution in [0.1, 0.15) is 11.1 Å². The van der Waals surface area contributed by atoms with E-state index in [1.807, 2.05) is 0 Å². The van der Waals surface area contributed by atoms with E-state index < -0.39 is 14.9 Å². The Labute approximate surface area is 99.1 Å². The number of sulfonamides is 1. The van der Waals surface area contributed by atoms with E-state index in [2.05, 4.69) is 0 Å². The molecule has 0 spiro atoms. The first-order valence-electron chi connectivity index (χ1n) is 5.09. The van der Waals surface area contributed by atoms with Gasteiger partial charge in [-0.1, -0.05) is 6.07 Å². The molecular weight excluding hydrogens is 244 g/mol. The van der Waals surface area contributed by atoms with Crippen LogP contribution < -0.4 is 0 Å². The lowest BCUT2D eigenvalue weighted by molar-refractivity contribution is -0.384. The quantitative estimate of drug-likeness (QED) is 0.582. The third-order valence-corrected chi connectivity index (χ3v) is 4.10. The molecule has 0 saturated carbocycles. The van der Waals surface area contributed by atoms with Crippen molar-refractivity contribution in [2.75, 3.05) is 12.8 Å². The molecule has 0 unspecified atom stereocenters. The normalized spacial score (nSPS) is 16.5. The molecular formula is C10H12N2O4S. The largest absolute Gasteiger partial charge is 0.269 e. The van der Waals surface area contributed by atoms with Crippen LogP contribution in [-0.2, 0) is 23.0 Å². The molecule has 0 amide bonds. The maximum Gasteiger partial charge on any atom is 0.269 e. The van der Waals surface area contributed by atoms with Gasteiger partial charge in [0.15, 0.2) is 0 Å². The van der Waals surface area contributed by atoms with Gasteiger partial charge in [0.1, 0.15) is 0 Å². The van der Waals surface area contributed by atoms with Gasteiger partial charge in [-0.15, -0.1) is 0 Å². The summed E-state index contributed by atoms with van der Waals surface area (Å²) in [6, 6.07) is 4.56. The minimum Gasteiger partial charge on any atom is -0.258 e. The fourth-order valence-electron chi connectivity index (χ4n) is 1.91. The fourth-order valence-corrected chi connectivity index (χ4v) is 2.71. The second kappa shape index (κ2) is 4.08. The van der Waals surface area contributed by atoms with E-state index in [0.717, 1.165) is 11.1 Å². The van der Waals surface area contributed by atoms with Gasteiger partial charge >= 0.3 is 0 Å². The summed E-state index contributed by atoms with van der Waals surface area (Å²) in [7, 11) is -3.20. The van der Waals surface area contributed by atoms with Crippen molar-refractivity contribution in [3.63, 3.8) is 0 Å². The Balaban J connectivity index is 2.32.